The summed E-state index contributed by atoms with van der Waals surface area (Å²) in [6.45, 7) is 3.78. The van der Waals surface area contributed by atoms with E-state index in [1.165, 1.54) is 4.88 Å². The molecule has 1 aliphatic rings. The van der Waals surface area contributed by atoms with E-state index in [-0.39, 0.29) is 6.04 Å². The minimum atomic E-state index is -0.680. The lowest BCUT2D eigenvalue weighted by Gasteiger charge is -2.36. The second-order valence-electron chi connectivity index (χ2n) is 4.81. The minimum absolute atomic E-state index is 0.322. The number of carbonyl (C=O) groups is 1. The summed E-state index contributed by atoms with van der Waals surface area (Å²) in [5.41, 5.74) is 0. The van der Waals surface area contributed by atoms with Crippen molar-refractivity contribution < 1.29 is 9.90 Å². The summed E-state index contributed by atoms with van der Waals surface area (Å²) in [6.07, 6.45) is 2.98. The van der Waals surface area contributed by atoms with E-state index in [4.69, 9.17) is 0 Å². The van der Waals surface area contributed by atoms with Gasteiger partial charge in [-0.15, -0.1) is 11.3 Å². The molecule has 2 rings (SSSR count). The van der Waals surface area contributed by atoms with Crippen LogP contribution in [0.25, 0.3) is 0 Å². The Hall–Kier alpha value is -0.390. The lowest BCUT2D eigenvalue weighted by Crippen LogP contribution is -2.46. The van der Waals surface area contributed by atoms with Crippen LogP contribution in [0.2, 0.25) is 0 Å². The number of carboxylic acids is 1. The van der Waals surface area contributed by atoms with E-state index in [0.29, 0.717) is 5.92 Å². The largest absolute Gasteiger partial charge is 0.480 e. The molecule has 0 bridgehead atoms. The fourth-order valence-corrected chi connectivity index (χ4v) is 4.03. The Morgan fingerprint density at radius 2 is 2.44 bits per heavy atom. The molecular weight excluding hydrogens is 314 g/mol. The van der Waals surface area contributed by atoms with Gasteiger partial charge in [-0.3, -0.25) is 9.69 Å². The lowest BCUT2D eigenvalue weighted by atomic mass is 9.89. The zero-order valence-corrected chi connectivity index (χ0v) is 12.8. The van der Waals surface area contributed by atoms with Crippen molar-refractivity contribution >= 4 is 33.2 Å². The van der Waals surface area contributed by atoms with Gasteiger partial charge in [0.2, 0.25) is 0 Å². The van der Waals surface area contributed by atoms with Gasteiger partial charge in [-0.2, -0.15) is 0 Å². The van der Waals surface area contributed by atoms with Gasteiger partial charge in [0.25, 0.3) is 0 Å². The number of carboxylic acid groups (broad SMARTS) is 1. The molecule has 1 aromatic heterocycles. The number of rotatable bonds is 4. The van der Waals surface area contributed by atoms with Crippen molar-refractivity contribution in [1.29, 1.82) is 0 Å². The summed E-state index contributed by atoms with van der Waals surface area (Å²) in [5, 5.41) is 11.4. The van der Waals surface area contributed by atoms with E-state index in [1.54, 1.807) is 11.3 Å². The quantitative estimate of drug-likeness (QED) is 0.916. The Morgan fingerprint density at radius 3 is 3.00 bits per heavy atom. The Kier molecular flexibility index (Phi) is 4.81. The first-order valence-corrected chi connectivity index (χ1v) is 7.97. The van der Waals surface area contributed by atoms with Crippen molar-refractivity contribution in [2.45, 2.75) is 38.8 Å². The maximum absolute atomic E-state index is 11.4. The molecule has 1 aliphatic heterocycles. The van der Waals surface area contributed by atoms with Crippen molar-refractivity contribution in [2.24, 2.45) is 5.92 Å². The fourth-order valence-electron chi connectivity index (χ4n) is 2.53. The van der Waals surface area contributed by atoms with Gasteiger partial charge in [-0.1, -0.05) is 13.3 Å². The molecule has 0 spiro atoms. The molecule has 1 N–H and O–H groups in total. The van der Waals surface area contributed by atoms with Crippen molar-refractivity contribution in [2.75, 3.05) is 6.54 Å². The molecule has 2 heterocycles. The molecule has 3 nitrogen and oxygen atoms in total. The molecule has 100 valence electrons. The maximum atomic E-state index is 11.4. The summed E-state index contributed by atoms with van der Waals surface area (Å²) in [5.74, 6) is -0.116. The third kappa shape index (κ3) is 3.13. The summed E-state index contributed by atoms with van der Waals surface area (Å²) < 4.78 is 1.09. The fraction of sp³-hybridized carbons (Fsp3) is 0.615. The third-order valence-electron chi connectivity index (χ3n) is 3.72. The van der Waals surface area contributed by atoms with Gasteiger partial charge in [0.15, 0.2) is 0 Å². The predicted molar refractivity (Wildman–Crippen MR) is 76.9 cm³/mol. The monoisotopic (exact) mass is 331 g/mol. The molecule has 2 unspecified atom stereocenters. The molecular formula is C13H18BrNO2S. The van der Waals surface area contributed by atoms with Crippen LogP contribution >= 0.6 is 27.3 Å². The average molecular weight is 332 g/mol. The zero-order valence-electron chi connectivity index (χ0n) is 10.4. The first-order valence-electron chi connectivity index (χ1n) is 6.30. The van der Waals surface area contributed by atoms with Crippen LogP contribution in [0.3, 0.4) is 0 Å². The molecule has 0 aromatic carbocycles. The molecule has 0 aliphatic carbocycles. The molecule has 0 amide bonds. The van der Waals surface area contributed by atoms with E-state index >= 15 is 0 Å². The topological polar surface area (TPSA) is 40.5 Å². The van der Waals surface area contributed by atoms with Crippen LogP contribution in [-0.4, -0.2) is 28.6 Å². The highest BCUT2D eigenvalue weighted by Crippen LogP contribution is 2.30. The van der Waals surface area contributed by atoms with Gasteiger partial charge in [0.1, 0.15) is 6.04 Å². The van der Waals surface area contributed by atoms with Crippen molar-refractivity contribution in [3.05, 3.63) is 20.8 Å². The van der Waals surface area contributed by atoms with Gasteiger partial charge < -0.3 is 5.11 Å². The number of aliphatic carboxylic acids is 1. The highest BCUT2D eigenvalue weighted by Gasteiger charge is 2.32. The minimum Gasteiger partial charge on any atom is -0.480 e. The number of hydrogen-bond donors (Lipinski definition) is 1. The Balaban J connectivity index is 2.07. The summed E-state index contributed by atoms with van der Waals surface area (Å²) in [7, 11) is 0. The van der Waals surface area contributed by atoms with Gasteiger partial charge in [-0.05, 0) is 52.7 Å². The second kappa shape index (κ2) is 6.17. The molecule has 0 radical (unpaired) electrons. The molecule has 2 atom stereocenters. The van der Waals surface area contributed by atoms with E-state index in [2.05, 4.69) is 27.8 Å². The van der Waals surface area contributed by atoms with Gasteiger partial charge in [-0.25, -0.2) is 0 Å². The molecule has 18 heavy (non-hydrogen) atoms. The normalized spacial score (nSPS) is 25.2. The molecule has 1 aromatic rings. The van der Waals surface area contributed by atoms with Crippen LogP contribution in [-0.2, 0) is 11.3 Å². The van der Waals surface area contributed by atoms with E-state index in [1.807, 2.05) is 11.4 Å². The van der Waals surface area contributed by atoms with Crippen LogP contribution in [0.4, 0.5) is 0 Å². The highest BCUT2D eigenvalue weighted by atomic mass is 79.9. The highest BCUT2D eigenvalue weighted by molar-refractivity contribution is 9.10. The number of halogens is 1. The summed E-state index contributed by atoms with van der Waals surface area (Å²) in [4.78, 5) is 14.7. The number of nitrogens with zero attached hydrogens (tertiary/aromatic N) is 1. The van der Waals surface area contributed by atoms with Crippen LogP contribution in [0, 0.1) is 5.92 Å². The SMILES string of the molecule is CCC1CCN(Cc2sccc2Br)C(C(=O)O)C1. The van der Waals surface area contributed by atoms with Gasteiger partial charge in [0.05, 0.1) is 0 Å². The molecule has 1 fully saturated rings. The summed E-state index contributed by atoms with van der Waals surface area (Å²) >= 11 is 5.19. The Morgan fingerprint density at radius 1 is 1.67 bits per heavy atom. The Bertz CT molecular complexity index is 421. The Labute approximate surface area is 120 Å². The zero-order chi connectivity index (χ0) is 13.1. The van der Waals surface area contributed by atoms with Crippen LogP contribution in [0.5, 0.6) is 0 Å². The molecule has 5 heteroatoms. The number of hydrogen-bond acceptors (Lipinski definition) is 3. The van der Waals surface area contributed by atoms with Crippen molar-refractivity contribution in [1.82, 2.24) is 4.90 Å². The standard InChI is InChI=1S/C13H18BrNO2S/c1-2-9-3-5-15(11(7-9)13(16)17)8-12-10(14)4-6-18-12/h4,6,9,11H,2-3,5,7-8H2,1H3,(H,16,17). The predicted octanol–water partition coefficient (Wildman–Crippen LogP) is 3.59. The second-order valence-corrected chi connectivity index (χ2v) is 6.67. The molecule has 1 saturated heterocycles. The smallest absolute Gasteiger partial charge is 0.320 e. The van der Waals surface area contributed by atoms with Crippen LogP contribution in [0.1, 0.15) is 31.1 Å². The first kappa shape index (κ1) is 14.0. The van der Waals surface area contributed by atoms with E-state index in [9.17, 15) is 9.90 Å². The average Bonchev–Trinajstić information content (AvgIpc) is 2.75. The first-order chi connectivity index (χ1) is 8.61. The third-order valence-corrected chi connectivity index (χ3v) is 5.63. The lowest BCUT2D eigenvalue weighted by molar-refractivity contribution is -0.145. The van der Waals surface area contributed by atoms with E-state index in [0.717, 1.165) is 36.8 Å². The maximum Gasteiger partial charge on any atom is 0.320 e. The van der Waals surface area contributed by atoms with Gasteiger partial charge in [0, 0.05) is 15.9 Å². The van der Waals surface area contributed by atoms with Crippen LogP contribution in [0.15, 0.2) is 15.9 Å². The molecule has 0 saturated carbocycles. The van der Waals surface area contributed by atoms with Crippen molar-refractivity contribution in [3.8, 4) is 0 Å². The van der Waals surface area contributed by atoms with E-state index < -0.39 is 5.97 Å². The number of likely N-dealkylation sites (tertiary alicyclic amines) is 1. The van der Waals surface area contributed by atoms with Crippen molar-refractivity contribution in [3.63, 3.8) is 0 Å². The number of piperidine rings is 1. The number of thiophene rings is 1. The van der Waals surface area contributed by atoms with Gasteiger partial charge >= 0.3 is 5.97 Å². The van der Waals surface area contributed by atoms with Crippen LogP contribution < -0.4 is 0 Å². The summed E-state index contributed by atoms with van der Waals surface area (Å²) in [6, 6.07) is 1.70.